The molecule has 0 saturated carbocycles. The third kappa shape index (κ3) is 5.33. The molecular weight excluding hydrogens is 384 g/mol. The molecule has 9 nitrogen and oxygen atoms in total. The fourth-order valence-corrected chi connectivity index (χ4v) is 3.53. The van der Waals surface area contributed by atoms with Crippen molar-refractivity contribution in [1.82, 2.24) is 4.90 Å². The molecule has 1 heterocycles. The van der Waals surface area contributed by atoms with Gasteiger partial charge in [-0.3, -0.25) is 15.1 Å². The van der Waals surface area contributed by atoms with E-state index in [1.165, 1.54) is 9.80 Å². The maximum atomic E-state index is 12.4. The van der Waals surface area contributed by atoms with Crippen molar-refractivity contribution in [2.75, 3.05) is 43.1 Å². The van der Waals surface area contributed by atoms with Crippen LogP contribution in [0.2, 0.25) is 0 Å². The van der Waals surface area contributed by atoms with Crippen molar-refractivity contribution >= 4 is 45.8 Å². The molecule has 26 heavy (non-hydrogen) atoms. The molecule has 0 aromatic heterocycles. The Morgan fingerprint density at radius 2 is 1.88 bits per heavy atom. The number of amides is 2. The number of rotatable bonds is 7. The summed E-state index contributed by atoms with van der Waals surface area (Å²) in [5.74, 6) is -1.87. The van der Waals surface area contributed by atoms with Crippen LogP contribution in [0.25, 0.3) is 0 Å². The number of urea groups is 1. The van der Waals surface area contributed by atoms with Gasteiger partial charge in [0.15, 0.2) is 9.84 Å². The molecule has 1 aliphatic rings. The molecule has 11 heteroatoms. The summed E-state index contributed by atoms with van der Waals surface area (Å²) >= 11 is 0. The van der Waals surface area contributed by atoms with Gasteiger partial charge in [-0.05, 0) is 24.3 Å². The molecule has 0 radical (unpaired) electrons. The number of amidine groups is 1. The highest BCUT2D eigenvalue weighted by Gasteiger charge is 2.30. The SMILES string of the molecule is COC(=O)CS(=O)(=O)CCN1CCN(c2ccc(C(=N)N)cc2)C1=O.Cl. The number of sulfone groups is 1. The van der Waals surface area contributed by atoms with Crippen LogP contribution in [0.1, 0.15) is 5.56 Å². The predicted octanol–water partition coefficient (Wildman–Crippen LogP) is 0.222. The van der Waals surface area contributed by atoms with Crippen LogP contribution >= 0.6 is 12.4 Å². The number of anilines is 1. The maximum Gasteiger partial charge on any atom is 0.324 e. The zero-order chi connectivity index (χ0) is 18.6. The first kappa shape index (κ1) is 21.7. The highest BCUT2D eigenvalue weighted by Crippen LogP contribution is 2.20. The number of nitrogens with two attached hydrogens (primary N) is 1. The highest BCUT2D eigenvalue weighted by atomic mass is 35.5. The zero-order valence-corrected chi connectivity index (χ0v) is 15.8. The molecule has 0 spiro atoms. The molecule has 1 aliphatic heterocycles. The quantitative estimate of drug-likeness (QED) is 0.379. The van der Waals surface area contributed by atoms with Crippen LogP contribution in [0.3, 0.4) is 0 Å². The Morgan fingerprint density at radius 1 is 1.27 bits per heavy atom. The number of halogens is 1. The molecule has 1 aromatic carbocycles. The molecule has 0 unspecified atom stereocenters. The lowest BCUT2D eigenvalue weighted by atomic mass is 10.2. The molecule has 144 valence electrons. The molecule has 0 aliphatic carbocycles. The second-order valence-corrected chi connectivity index (χ2v) is 7.73. The van der Waals surface area contributed by atoms with E-state index in [0.29, 0.717) is 24.3 Å². The summed E-state index contributed by atoms with van der Waals surface area (Å²) in [6, 6.07) is 6.37. The van der Waals surface area contributed by atoms with Crippen molar-refractivity contribution in [3.63, 3.8) is 0 Å². The Hall–Kier alpha value is -2.33. The van der Waals surface area contributed by atoms with Crippen LogP contribution in [0.4, 0.5) is 10.5 Å². The largest absolute Gasteiger partial charge is 0.468 e. The Kier molecular flexibility index (Phi) is 7.40. The molecule has 0 bridgehead atoms. The smallest absolute Gasteiger partial charge is 0.324 e. The lowest BCUT2D eigenvalue weighted by Crippen LogP contribution is -2.35. The maximum absolute atomic E-state index is 12.4. The van der Waals surface area contributed by atoms with Gasteiger partial charge < -0.3 is 15.4 Å². The number of carbonyl (C=O) groups is 2. The molecule has 2 amide bonds. The van der Waals surface area contributed by atoms with Crippen molar-refractivity contribution in [2.24, 2.45) is 5.73 Å². The second kappa shape index (κ2) is 8.86. The zero-order valence-electron chi connectivity index (χ0n) is 14.2. The average Bonchev–Trinajstić information content (AvgIpc) is 2.93. The number of hydrogen-bond donors (Lipinski definition) is 2. The molecule has 2 rings (SSSR count). The summed E-state index contributed by atoms with van der Waals surface area (Å²) in [5, 5.41) is 7.36. The fourth-order valence-electron chi connectivity index (χ4n) is 2.41. The number of benzene rings is 1. The van der Waals surface area contributed by atoms with E-state index in [1.54, 1.807) is 24.3 Å². The second-order valence-electron chi connectivity index (χ2n) is 5.55. The molecule has 1 saturated heterocycles. The summed E-state index contributed by atoms with van der Waals surface area (Å²) < 4.78 is 28.0. The fraction of sp³-hybridized carbons (Fsp3) is 0.400. The van der Waals surface area contributed by atoms with E-state index in [0.717, 1.165) is 7.11 Å². The normalized spacial score (nSPS) is 14.1. The van der Waals surface area contributed by atoms with Crippen molar-refractivity contribution in [2.45, 2.75) is 0 Å². The molecular formula is C15H21ClN4O5S. The number of nitrogens with one attached hydrogen (secondary N) is 1. The molecule has 0 atom stereocenters. The lowest BCUT2D eigenvalue weighted by molar-refractivity contribution is -0.137. The van der Waals surface area contributed by atoms with Crippen LogP contribution in [-0.4, -0.2) is 69.4 Å². The van der Waals surface area contributed by atoms with Gasteiger partial charge in [-0.25, -0.2) is 13.2 Å². The average molecular weight is 405 g/mol. The minimum atomic E-state index is -3.63. The standard InChI is InChI=1S/C15H20N4O5S.ClH/c1-24-13(20)10-25(22,23)9-8-18-6-7-19(15(18)21)12-4-2-11(3-5-12)14(16)17;/h2-5H,6-10H2,1H3,(H3,16,17);1H. The highest BCUT2D eigenvalue weighted by molar-refractivity contribution is 7.92. The van der Waals surface area contributed by atoms with Crippen LogP contribution in [-0.2, 0) is 19.4 Å². The lowest BCUT2D eigenvalue weighted by Gasteiger charge is -2.19. The number of hydrogen-bond acceptors (Lipinski definition) is 6. The Morgan fingerprint density at radius 3 is 2.42 bits per heavy atom. The number of esters is 1. The van der Waals surface area contributed by atoms with Gasteiger partial charge in [0.1, 0.15) is 11.6 Å². The first-order valence-electron chi connectivity index (χ1n) is 7.51. The van der Waals surface area contributed by atoms with Crippen molar-refractivity contribution in [3.8, 4) is 0 Å². The third-order valence-electron chi connectivity index (χ3n) is 3.82. The number of methoxy groups -OCH3 is 1. The Bertz CT molecular complexity index is 782. The number of nitrogens with zero attached hydrogens (tertiary/aromatic N) is 2. The van der Waals surface area contributed by atoms with Crippen LogP contribution in [0.5, 0.6) is 0 Å². The van der Waals surface area contributed by atoms with Gasteiger partial charge in [-0.1, -0.05) is 0 Å². The van der Waals surface area contributed by atoms with Crippen LogP contribution < -0.4 is 10.6 Å². The summed E-state index contributed by atoms with van der Waals surface area (Å²) in [7, 11) is -2.50. The van der Waals surface area contributed by atoms with Gasteiger partial charge >= 0.3 is 12.0 Å². The van der Waals surface area contributed by atoms with Gasteiger partial charge in [0.25, 0.3) is 0 Å². The summed E-state index contributed by atoms with van der Waals surface area (Å²) in [6.07, 6.45) is 0. The topological polar surface area (TPSA) is 134 Å². The molecule has 3 N–H and O–H groups in total. The number of ether oxygens (including phenoxy) is 1. The van der Waals surface area contributed by atoms with Crippen LogP contribution in [0, 0.1) is 5.41 Å². The van der Waals surface area contributed by atoms with Gasteiger partial charge in [0, 0.05) is 30.9 Å². The monoisotopic (exact) mass is 404 g/mol. The van der Waals surface area contributed by atoms with Crippen molar-refractivity contribution in [3.05, 3.63) is 29.8 Å². The van der Waals surface area contributed by atoms with Gasteiger partial charge in [0.2, 0.25) is 0 Å². The first-order valence-corrected chi connectivity index (χ1v) is 9.34. The van der Waals surface area contributed by atoms with E-state index in [1.807, 2.05) is 0 Å². The minimum Gasteiger partial charge on any atom is -0.468 e. The van der Waals surface area contributed by atoms with Crippen molar-refractivity contribution < 1.29 is 22.7 Å². The van der Waals surface area contributed by atoms with E-state index in [2.05, 4.69) is 4.74 Å². The van der Waals surface area contributed by atoms with E-state index in [-0.39, 0.29) is 36.6 Å². The molecule has 1 aromatic rings. The van der Waals surface area contributed by atoms with E-state index >= 15 is 0 Å². The Labute approximate surface area is 157 Å². The van der Waals surface area contributed by atoms with Crippen molar-refractivity contribution in [1.29, 1.82) is 5.41 Å². The minimum absolute atomic E-state index is 0. The summed E-state index contributed by atoms with van der Waals surface area (Å²) in [4.78, 5) is 26.5. The number of nitrogen functional groups attached to an aromatic ring is 1. The van der Waals surface area contributed by atoms with Gasteiger partial charge in [0.05, 0.1) is 12.9 Å². The molecule has 1 fully saturated rings. The van der Waals surface area contributed by atoms with E-state index in [4.69, 9.17) is 11.1 Å². The summed E-state index contributed by atoms with van der Waals surface area (Å²) in [5.41, 5.74) is 6.60. The van der Waals surface area contributed by atoms with Gasteiger partial charge in [-0.2, -0.15) is 0 Å². The van der Waals surface area contributed by atoms with Crippen LogP contribution in [0.15, 0.2) is 24.3 Å². The first-order chi connectivity index (χ1) is 11.7. The van der Waals surface area contributed by atoms with E-state index < -0.39 is 21.6 Å². The summed E-state index contributed by atoms with van der Waals surface area (Å²) in [6.45, 7) is 0.830. The third-order valence-corrected chi connectivity index (χ3v) is 5.30. The Balaban J connectivity index is 0.00000338. The van der Waals surface area contributed by atoms with E-state index in [9.17, 15) is 18.0 Å². The predicted molar refractivity (Wildman–Crippen MR) is 99.7 cm³/mol. The van der Waals surface area contributed by atoms with Gasteiger partial charge in [-0.15, -0.1) is 12.4 Å². The number of carbonyl (C=O) groups excluding carboxylic acids is 2.